The molecule has 0 aliphatic carbocycles. The number of nitrogens with one attached hydrogen (secondary N) is 2. The fourth-order valence-electron chi connectivity index (χ4n) is 0.965. The van der Waals surface area contributed by atoms with Crippen LogP contribution in [-0.2, 0) is 0 Å². The summed E-state index contributed by atoms with van der Waals surface area (Å²) in [5, 5.41) is 13.9. The van der Waals surface area contributed by atoms with Crippen LogP contribution in [0.4, 0.5) is 5.13 Å². The maximum atomic E-state index is 11.5. The number of carbonyl (C=O) groups is 2. The standard InChI is InChI=1S/C8H7N5O2S/c1-4(14)6-3-16-8(10-6)11-7(15)5-2-9-13-12-5/h2-3H,1H3,(H,9,12,13)(H,10,11,15). The molecule has 0 saturated carbocycles. The Kier molecular flexibility index (Phi) is 2.73. The van der Waals surface area contributed by atoms with E-state index >= 15 is 0 Å². The van der Waals surface area contributed by atoms with E-state index in [2.05, 4.69) is 25.7 Å². The van der Waals surface area contributed by atoms with Crippen molar-refractivity contribution in [2.24, 2.45) is 0 Å². The Balaban J connectivity index is 2.09. The van der Waals surface area contributed by atoms with Gasteiger partial charge < -0.3 is 0 Å². The number of hydrogen-bond acceptors (Lipinski definition) is 6. The van der Waals surface area contributed by atoms with Gasteiger partial charge in [0.1, 0.15) is 5.69 Å². The van der Waals surface area contributed by atoms with Gasteiger partial charge in [0.15, 0.2) is 16.6 Å². The van der Waals surface area contributed by atoms with Gasteiger partial charge in [-0.25, -0.2) is 4.98 Å². The van der Waals surface area contributed by atoms with Gasteiger partial charge >= 0.3 is 0 Å². The third-order valence-corrected chi connectivity index (χ3v) is 2.49. The van der Waals surface area contributed by atoms with Crippen molar-refractivity contribution >= 4 is 28.2 Å². The fourth-order valence-corrected chi connectivity index (χ4v) is 1.71. The van der Waals surface area contributed by atoms with Crippen molar-refractivity contribution in [1.29, 1.82) is 0 Å². The molecule has 0 unspecified atom stereocenters. The monoisotopic (exact) mass is 237 g/mol. The number of thiazole rings is 1. The van der Waals surface area contributed by atoms with Crippen LogP contribution in [0.2, 0.25) is 0 Å². The summed E-state index contributed by atoms with van der Waals surface area (Å²) in [5.74, 6) is -0.559. The Morgan fingerprint density at radius 2 is 2.25 bits per heavy atom. The number of Topliss-reactive ketones (excluding diaryl/α,β-unsaturated/α-hetero) is 1. The summed E-state index contributed by atoms with van der Waals surface area (Å²) in [6.45, 7) is 1.41. The van der Waals surface area contributed by atoms with Crippen molar-refractivity contribution in [3.05, 3.63) is 23.0 Å². The molecule has 82 valence electrons. The third-order valence-electron chi connectivity index (χ3n) is 1.73. The highest BCUT2D eigenvalue weighted by atomic mass is 32.1. The molecule has 0 atom stereocenters. The van der Waals surface area contributed by atoms with Crippen LogP contribution in [0.1, 0.15) is 27.9 Å². The Hall–Kier alpha value is -2.09. The van der Waals surface area contributed by atoms with E-state index in [0.29, 0.717) is 10.8 Å². The minimum Gasteiger partial charge on any atom is -0.296 e. The molecular formula is C8H7N5O2S. The van der Waals surface area contributed by atoms with E-state index in [0.717, 1.165) is 0 Å². The number of anilines is 1. The molecule has 1 amide bonds. The van der Waals surface area contributed by atoms with Crippen LogP contribution >= 0.6 is 11.3 Å². The predicted octanol–water partition coefficient (Wildman–Crippen LogP) is 0.716. The number of hydrogen-bond donors (Lipinski definition) is 2. The number of aromatic nitrogens is 4. The van der Waals surface area contributed by atoms with Crippen LogP contribution in [0.25, 0.3) is 0 Å². The molecule has 16 heavy (non-hydrogen) atoms. The molecule has 7 nitrogen and oxygen atoms in total. The molecule has 0 spiro atoms. The summed E-state index contributed by atoms with van der Waals surface area (Å²) < 4.78 is 0. The summed E-state index contributed by atoms with van der Waals surface area (Å²) in [7, 11) is 0. The van der Waals surface area contributed by atoms with Crippen molar-refractivity contribution in [2.45, 2.75) is 6.92 Å². The number of nitrogens with zero attached hydrogens (tertiary/aromatic N) is 3. The van der Waals surface area contributed by atoms with Crippen molar-refractivity contribution in [2.75, 3.05) is 5.32 Å². The molecule has 2 heterocycles. The first-order valence-corrected chi connectivity index (χ1v) is 5.18. The SMILES string of the molecule is CC(=O)c1csc(NC(=O)c2cn[nH]n2)n1. The van der Waals surface area contributed by atoms with Crippen LogP contribution in [-0.4, -0.2) is 32.1 Å². The first-order chi connectivity index (χ1) is 7.66. The van der Waals surface area contributed by atoms with Gasteiger partial charge in [0.25, 0.3) is 5.91 Å². The highest BCUT2D eigenvalue weighted by molar-refractivity contribution is 7.14. The van der Waals surface area contributed by atoms with E-state index in [-0.39, 0.29) is 11.5 Å². The molecule has 2 N–H and O–H groups in total. The zero-order valence-corrected chi connectivity index (χ0v) is 9.04. The fraction of sp³-hybridized carbons (Fsp3) is 0.125. The van der Waals surface area contributed by atoms with Gasteiger partial charge in [-0.05, 0) is 0 Å². The topological polar surface area (TPSA) is 101 Å². The molecule has 2 aromatic heterocycles. The lowest BCUT2D eigenvalue weighted by atomic mass is 10.4. The van der Waals surface area contributed by atoms with Gasteiger partial charge in [0.2, 0.25) is 0 Å². The number of amides is 1. The lowest BCUT2D eigenvalue weighted by molar-refractivity contribution is 0.100. The molecule has 0 aromatic carbocycles. The Morgan fingerprint density at radius 1 is 1.44 bits per heavy atom. The zero-order chi connectivity index (χ0) is 11.5. The molecule has 2 rings (SSSR count). The Labute approximate surface area is 93.9 Å². The quantitative estimate of drug-likeness (QED) is 0.766. The summed E-state index contributed by atoms with van der Waals surface area (Å²) >= 11 is 1.18. The second-order valence-corrected chi connectivity index (χ2v) is 3.76. The van der Waals surface area contributed by atoms with Crippen molar-refractivity contribution in [1.82, 2.24) is 20.4 Å². The Morgan fingerprint density at radius 3 is 2.81 bits per heavy atom. The third kappa shape index (κ3) is 2.11. The number of carbonyl (C=O) groups excluding carboxylic acids is 2. The molecule has 0 bridgehead atoms. The lowest BCUT2D eigenvalue weighted by Crippen LogP contribution is -2.12. The molecule has 0 aliphatic rings. The molecule has 0 fully saturated rings. The van der Waals surface area contributed by atoms with E-state index < -0.39 is 5.91 Å². The minimum atomic E-state index is -0.418. The van der Waals surface area contributed by atoms with Gasteiger partial charge in [0, 0.05) is 12.3 Å². The van der Waals surface area contributed by atoms with E-state index in [1.807, 2.05) is 0 Å². The molecular weight excluding hydrogens is 230 g/mol. The van der Waals surface area contributed by atoms with E-state index in [4.69, 9.17) is 0 Å². The number of rotatable bonds is 3. The van der Waals surface area contributed by atoms with Crippen LogP contribution in [0, 0.1) is 0 Å². The normalized spacial score (nSPS) is 10.1. The van der Waals surface area contributed by atoms with Crippen LogP contribution in [0.15, 0.2) is 11.6 Å². The summed E-state index contributed by atoms with van der Waals surface area (Å²) in [6.07, 6.45) is 1.30. The average Bonchev–Trinajstić information content (AvgIpc) is 2.87. The number of ketones is 1. The molecule has 8 heteroatoms. The first-order valence-electron chi connectivity index (χ1n) is 4.30. The zero-order valence-electron chi connectivity index (χ0n) is 8.22. The largest absolute Gasteiger partial charge is 0.296 e. The highest BCUT2D eigenvalue weighted by Gasteiger charge is 2.12. The minimum absolute atomic E-state index is 0.141. The van der Waals surface area contributed by atoms with Gasteiger partial charge in [-0.2, -0.15) is 15.4 Å². The summed E-state index contributed by atoms with van der Waals surface area (Å²) in [4.78, 5) is 26.4. The second-order valence-electron chi connectivity index (χ2n) is 2.90. The van der Waals surface area contributed by atoms with E-state index in [9.17, 15) is 9.59 Å². The molecule has 0 aliphatic heterocycles. The first kappa shape index (κ1) is 10.4. The smallest absolute Gasteiger partial charge is 0.279 e. The van der Waals surface area contributed by atoms with Crippen molar-refractivity contribution < 1.29 is 9.59 Å². The highest BCUT2D eigenvalue weighted by Crippen LogP contribution is 2.16. The van der Waals surface area contributed by atoms with Crippen molar-refractivity contribution in [3.63, 3.8) is 0 Å². The lowest BCUT2D eigenvalue weighted by Gasteiger charge is -1.95. The van der Waals surface area contributed by atoms with E-state index in [1.165, 1.54) is 24.5 Å². The predicted molar refractivity (Wildman–Crippen MR) is 56.5 cm³/mol. The van der Waals surface area contributed by atoms with Gasteiger partial charge in [-0.15, -0.1) is 11.3 Å². The van der Waals surface area contributed by atoms with Gasteiger partial charge in [-0.1, -0.05) is 0 Å². The number of aromatic amines is 1. The van der Waals surface area contributed by atoms with E-state index in [1.54, 1.807) is 5.38 Å². The van der Waals surface area contributed by atoms with Crippen LogP contribution in [0.5, 0.6) is 0 Å². The number of H-pyrrole nitrogens is 1. The van der Waals surface area contributed by atoms with Gasteiger partial charge in [-0.3, -0.25) is 14.9 Å². The second kappa shape index (κ2) is 4.19. The average molecular weight is 237 g/mol. The maximum Gasteiger partial charge on any atom is 0.279 e. The molecule has 0 radical (unpaired) electrons. The van der Waals surface area contributed by atoms with Gasteiger partial charge in [0.05, 0.1) is 6.20 Å². The van der Waals surface area contributed by atoms with Crippen LogP contribution < -0.4 is 5.32 Å². The van der Waals surface area contributed by atoms with Crippen molar-refractivity contribution in [3.8, 4) is 0 Å². The maximum absolute atomic E-state index is 11.5. The van der Waals surface area contributed by atoms with Crippen LogP contribution in [0.3, 0.4) is 0 Å². The Bertz CT molecular complexity index is 518. The molecule has 2 aromatic rings. The summed E-state index contributed by atoms with van der Waals surface area (Å²) in [5.41, 5.74) is 0.500. The summed E-state index contributed by atoms with van der Waals surface area (Å²) in [6, 6.07) is 0. The molecule has 0 saturated heterocycles.